The zero-order chi connectivity index (χ0) is 20.5. The zero-order valence-electron chi connectivity index (χ0n) is 15.1. The van der Waals surface area contributed by atoms with Crippen molar-refractivity contribution >= 4 is 46.8 Å². The Hall–Kier alpha value is -2.81. The van der Waals surface area contributed by atoms with Crippen molar-refractivity contribution < 1.29 is 14.3 Å². The Morgan fingerprint density at radius 3 is 2.54 bits per heavy atom. The summed E-state index contributed by atoms with van der Waals surface area (Å²) in [6.07, 6.45) is 1.89. The van der Waals surface area contributed by atoms with Crippen LogP contribution < -0.4 is 4.90 Å². The van der Waals surface area contributed by atoms with Crippen molar-refractivity contribution in [2.24, 2.45) is 0 Å². The Labute approximate surface area is 173 Å². The van der Waals surface area contributed by atoms with E-state index in [1.165, 1.54) is 24.0 Å². The average Bonchev–Trinajstić information content (AvgIpc) is 2.69. The van der Waals surface area contributed by atoms with Crippen molar-refractivity contribution in [3.63, 3.8) is 0 Å². The lowest BCUT2D eigenvalue weighted by Crippen LogP contribution is -2.40. The molecule has 0 saturated heterocycles. The summed E-state index contributed by atoms with van der Waals surface area (Å²) in [7, 11) is 0. The van der Waals surface area contributed by atoms with Crippen LogP contribution in [-0.4, -0.2) is 24.5 Å². The Kier molecular flexibility index (Phi) is 8.06. The van der Waals surface area contributed by atoms with Gasteiger partial charge in [0, 0.05) is 18.3 Å². The molecule has 2 aromatic carbocycles. The predicted molar refractivity (Wildman–Crippen MR) is 110 cm³/mol. The van der Waals surface area contributed by atoms with E-state index in [1.54, 1.807) is 42.5 Å². The lowest BCUT2D eigenvalue weighted by Gasteiger charge is -2.24. The fourth-order valence-corrected chi connectivity index (χ4v) is 2.71. The normalized spacial score (nSPS) is 11.6. The number of nitriles is 1. The molecule has 5 nitrogen and oxygen atoms in total. The minimum atomic E-state index is -1.01. The van der Waals surface area contributed by atoms with Crippen LogP contribution in [0.2, 0.25) is 10.0 Å². The molecule has 2 aromatic rings. The van der Waals surface area contributed by atoms with Crippen LogP contribution in [-0.2, 0) is 14.3 Å². The molecule has 144 valence electrons. The second-order valence-corrected chi connectivity index (χ2v) is 6.63. The summed E-state index contributed by atoms with van der Waals surface area (Å²) in [4.78, 5) is 26.2. The van der Waals surface area contributed by atoms with Gasteiger partial charge in [-0.15, -0.1) is 0 Å². The lowest BCUT2D eigenvalue weighted by molar-refractivity contribution is -0.149. The Balaban J connectivity index is 2.04. The number of carbonyl (C=O) groups is 2. The maximum atomic E-state index is 12.7. The van der Waals surface area contributed by atoms with Gasteiger partial charge >= 0.3 is 5.97 Å². The molecule has 0 N–H and O–H groups in total. The quantitative estimate of drug-likeness (QED) is 0.475. The van der Waals surface area contributed by atoms with Gasteiger partial charge < -0.3 is 9.64 Å². The molecule has 0 aliphatic rings. The lowest BCUT2D eigenvalue weighted by atomic mass is 10.2. The van der Waals surface area contributed by atoms with Crippen molar-refractivity contribution in [3.05, 3.63) is 70.2 Å². The third kappa shape index (κ3) is 6.12. The molecule has 1 amide bonds. The van der Waals surface area contributed by atoms with E-state index in [-0.39, 0.29) is 13.0 Å². The van der Waals surface area contributed by atoms with Crippen molar-refractivity contribution in [2.75, 3.05) is 11.4 Å². The number of benzene rings is 2. The minimum absolute atomic E-state index is 0.165. The second-order valence-electron chi connectivity index (χ2n) is 5.82. The van der Waals surface area contributed by atoms with Crippen LogP contribution >= 0.6 is 23.2 Å². The number of rotatable bonds is 7. The number of hydrogen-bond donors (Lipinski definition) is 0. The van der Waals surface area contributed by atoms with Crippen molar-refractivity contribution in [2.45, 2.75) is 19.4 Å². The van der Waals surface area contributed by atoms with E-state index < -0.39 is 18.0 Å². The molecule has 2 rings (SSSR count). The number of halogens is 2. The fourth-order valence-electron chi connectivity index (χ4n) is 2.40. The van der Waals surface area contributed by atoms with Crippen molar-refractivity contribution in [1.82, 2.24) is 0 Å². The van der Waals surface area contributed by atoms with E-state index in [2.05, 4.69) is 0 Å². The molecule has 0 aromatic heterocycles. The van der Waals surface area contributed by atoms with Crippen LogP contribution in [0, 0.1) is 11.3 Å². The van der Waals surface area contributed by atoms with Gasteiger partial charge in [0.05, 0.1) is 22.5 Å². The van der Waals surface area contributed by atoms with Gasteiger partial charge in [0.25, 0.3) is 5.91 Å². The molecule has 7 heteroatoms. The molecule has 0 aliphatic heterocycles. The minimum Gasteiger partial charge on any atom is -0.449 e. The zero-order valence-corrected chi connectivity index (χ0v) is 16.7. The smallest absolute Gasteiger partial charge is 0.331 e. The monoisotopic (exact) mass is 416 g/mol. The highest BCUT2D eigenvalue weighted by Gasteiger charge is 2.24. The molecule has 0 fully saturated rings. The van der Waals surface area contributed by atoms with Crippen molar-refractivity contribution in [1.29, 1.82) is 5.26 Å². The second kappa shape index (κ2) is 10.5. The van der Waals surface area contributed by atoms with Crippen LogP contribution in [0.25, 0.3) is 6.08 Å². The maximum absolute atomic E-state index is 12.7. The van der Waals surface area contributed by atoms with E-state index in [1.807, 2.05) is 12.1 Å². The van der Waals surface area contributed by atoms with Gasteiger partial charge in [-0.25, -0.2) is 4.79 Å². The maximum Gasteiger partial charge on any atom is 0.331 e. The molecule has 0 aliphatic carbocycles. The summed E-state index contributed by atoms with van der Waals surface area (Å²) < 4.78 is 5.21. The van der Waals surface area contributed by atoms with Crippen LogP contribution in [0.3, 0.4) is 0 Å². The third-order valence-corrected chi connectivity index (χ3v) is 4.52. The standard InChI is InChI=1S/C21H18Cl2N2O3/c1-15(21(27)25(13-5-12-24)17-6-3-2-4-7-17)28-20(26)11-9-16-8-10-18(22)19(23)14-16/h2-4,6-11,14-15H,5,13H2,1H3/b11-9+. The van der Waals surface area contributed by atoms with Gasteiger partial charge in [0.1, 0.15) is 0 Å². The van der Waals surface area contributed by atoms with E-state index in [4.69, 9.17) is 33.2 Å². The average molecular weight is 417 g/mol. The Bertz CT molecular complexity index is 908. The van der Waals surface area contributed by atoms with Crippen LogP contribution in [0.5, 0.6) is 0 Å². The van der Waals surface area contributed by atoms with Gasteiger partial charge in [-0.05, 0) is 42.8 Å². The molecule has 28 heavy (non-hydrogen) atoms. The van der Waals surface area contributed by atoms with Crippen LogP contribution in [0.4, 0.5) is 5.69 Å². The van der Waals surface area contributed by atoms with Gasteiger partial charge in [-0.1, -0.05) is 47.5 Å². The molecule has 0 bridgehead atoms. The predicted octanol–water partition coefficient (Wildman–Crippen LogP) is 4.89. The Morgan fingerprint density at radius 2 is 1.89 bits per heavy atom. The number of nitrogens with zero attached hydrogens (tertiary/aromatic N) is 2. The molecule has 1 atom stereocenters. The first-order chi connectivity index (χ1) is 13.4. The molecule has 0 spiro atoms. The Morgan fingerprint density at radius 1 is 1.18 bits per heavy atom. The molecule has 0 radical (unpaired) electrons. The SMILES string of the molecule is CC(OC(=O)/C=C/c1ccc(Cl)c(Cl)c1)C(=O)N(CCC#N)c1ccccc1. The summed E-state index contributed by atoms with van der Waals surface area (Å²) in [5.74, 6) is -1.07. The molecule has 1 unspecified atom stereocenters. The third-order valence-electron chi connectivity index (χ3n) is 3.78. The van der Waals surface area contributed by atoms with E-state index in [9.17, 15) is 9.59 Å². The van der Waals surface area contributed by atoms with Crippen LogP contribution in [0.1, 0.15) is 18.9 Å². The number of carbonyl (C=O) groups excluding carboxylic acids is 2. The summed E-state index contributed by atoms with van der Waals surface area (Å²) in [6.45, 7) is 1.70. The van der Waals surface area contributed by atoms with Crippen molar-refractivity contribution in [3.8, 4) is 6.07 Å². The number of ether oxygens (including phenoxy) is 1. The highest BCUT2D eigenvalue weighted by atomic mass is 35.5. The van der Waals surface area contributed by atoms with E-state index in [0.29, 0.717) is 21.3 Å². The fraction of sp³-hybridized carbons (Fsp3) is 0.190. The van der Waals surface area contributed by atoms with Gasteiger partial charge in [-0.2, -0.15) is 5.26 Å². The van der Waals surface area contributed by atoms with Crippen LogP contribution in [0.15, 0.2) is 54.6 Å². The summed E-state index contributed by atoms with van der Waals surface area (Å²) in [6, 6.07) is 15.9. The largest absolute Gasteiger partial charge is 0.449 e. The molecule has 0 saturated carbocycles. The highest BCUT2D eigenvalue weighted by Crippen LogP contribution is 2.23. The highest BCUT2D eigenvalue weighted by molar-refractivity contribution is 6.42. The number of anilines is 1. The van der Waals surface area contributed by atoms with Gasteiger partial charge in [0.15, 0.2) is 6.10 Å². The number of para-hydroxylation sites is 1. The summed E-state index contributed by atoms with van der Waals surface area (Å²) in [5, 5.41) is 9.63. The number of esters is 1. The first kappa shape index (κ1) is 21.5. The number of hydrogen-bond acceptors (Lipinski definition) is 4. The molecular formula is C21H18Cl2N2O3. The molecule has 0 heterocycles. The topological polar surface area (TPSA) is 70.4 Å². The number of amides is 1. The van der Waals surface area contributed by atoms with Gasteiger partial charge in [-0.3, -0.25) is 4.79 Å². The summed E-state index contributed by atoms with van der Waals surface area (Å²) in [5.41, 5.74) is 1.31. The summed E-state index contributed by atoms with van der Waals surface area (Å²) >= 11 is 11.8. The van der Waals surface area contributed by atoms with E-state index in [0.717, 1.165) is 0 Å². The molecular weight excluding hydrogens is 399 g/mol. The first-order valence-corrected chi connectivity index (χ1v) is 9.25. The first-order valence-electron chi connectivity index (χ1n) is 8.49. The van der Waals surface area contributed by atoms with Gasteiger partial charge in [0.2, 0.25) is 0 Å². The van der Waals surface area contributed by atoms with E-state index >= 15 is 0 Å².